The van der Waals surface area contributed by atoms with Crippen molar-refractivity contribution in [2.24, 2.45) is 5.92 Å². The molecule has 0 fully saturated rings. The van der Waals surface area contributed by atoms with Crippen LogP contribution in [0, 0.1) is 18.3 Å². The summed E-state index contributed by atoms with van der Waals surface area (Å²) in [4.78, 5) is 0. The Morgan fingerprint density at radius 2 is 1.78 bits per heavy atom. The molecule has 0 saturated carbocycles. The number of hydrogen-bond acceptors (Lipinski definition) is 2. The normalized spacial score (nSPS) is 14.0. The van der Waals surface area contributed by atoms with E-state index in [2.05, 4.69) is 44.1 Å². The number of nitrogens with one attached hydrogen (secondary N) is 1. The minimum Gasteiger partial charge on any atom is -0.493 e. The molecule has 0 aliphatic heterocycles. The van der Waals surface area contributed by atoms with Gasteiger partial charge in [-0.1, -0.05) is 31.9 Å². The minimum absolute atomic E-state index is 0.0804. The molecule has 0 heterocycles. The molecule has 2 heteroatoms. The lowest BCUT2D eigenvalue weighted by molar-refractivity contribution is 0.271. The van der Waals surface area contributed by atoms with E-state index in [0.29, 0.717) is 5.92 Å². The van der Waals surface area contributed by atoms with Gasteiger partial charge in [0.05, 0.1) is 12.6 Å². The Hall–Kier alpha value is -1.46. The van der Waals surface area contributed by atoms with E-state index in [-0.39, 0.29) is 12.1 Å². The molecule has 2 atom stereocenters. The molecule has 0 radical (unpaired) electrons. The van der Waals surface area contributed by atoms with E-state index in [9.17, 15) is 0 Å². The van der Waals surface area contributed by atoms with Crippen molar-refractivity contribution in [2.75, 3.05) is 6.61 Å². The molecule has 0 saturated heterocycles. The maximum Gasteiger partial charge on any atom is 0.119 e. The zero-order chi connectivity index (χ0) is 13.5. The van der Waals surface area contributed by atoms with E-state index in [1.54, 1.807) is 0 Å². The van der Waals surface area contributed by atoms with Crippen LogP contribution in [0.4, 0.5) is 0 Å². The summed E-state index contributed by atoms with van der Waals surface area (Å²) in [5.41, 5.74) is 1.22. The first-order chi connectivity index (χ1) is 8.52. The first-order valence-electron chi connectivity index (χ1n) is 6.48. The monoisotopic (exact) mass is 245 g/mol. The van der Waals surface area contributed by atoms with E-state index in [1.165, 1.54) is 5.56 Å². The fraction of sp³-hybridized carbons (Fsp3) is 0.500. The molecule has 0 aromatic heterocycles. The van der Waals surface area contributed by atoms with Gasteiger partial charge in [0.25, 0.3) is 0 Å². The van der Waals surface area contributed by atoms with Crippen molar-refractivity contribution in [1.29, 1.82) is 0 Å². The first kappa shape index (κ1) is 14.6. The summed E-state index contributed by atoms with van der Waals surface area (Å²) in [5, 5.41) is 3.34. The quantitative estimate of drug-likeness (QED) is 0.776. The summed E-state index contributed by atoms with van der Waals surface area (Å²) in [5.74, 6) is 4.14. The van der Waals surface area contributed by atoms with Crippen LogP contribution < -0.4 is 10.1 Å². The molecule has 18 heavy (non-hydrogen) atoms. The predicted molar refractivity (Wildman–Crippen MR) is 76.6 cm³/mol. The standard InChI is InChI=1S/C16H23NO/c1-6-13(4)17-14(5)15-7-9-16(10-8-15)18-11-12(2)3/h1,7-10,12-14,17H,11H2,2-5H3. The smallest absolute Gasteiger partial charge is 0.119 e. The van der Waals surface area contributed by atoms with E-state index in [0.717, 1.165) is 12.4 Å². The van der Waals surface area contributed by atoms with Gasteiger partial charge in [-0.25, -0.2) is 0 Å². The van der Waals surface area contributed by atoms with E-state index < -0.39 is 0 Å². The van der Waals surface area contributed by atoms with Gasteiger partial charge in [0.1, 0.15) is 5.75 Å². The van der Waals surface area contributed by atoms with Crippen LogP contribution in [-0.2, 0) is 0 Å². The Labute approximate surface area is 111 Å². The van der Waals surface area contributed by atoms with Crippen LogP contribution in [-0.4, -0.2) is 12.6 Å². The average molecular weight is 245 g/mol. The van der Waals surface area contributed by atoms with Crippen LogP contribution in [0.3, 0.4) is 0 Å². The highest BCUT2D eigenvalue weighted by Gasteiger charge is 2.07. The molecule has 98 valence electrons. The van der Waals surface area contributed by atoms with Crippen molar-refractivity contribution < 1.29 is 4.74 Å². The summed E-state index contributed by atoms with van der Waals surface area (Å²) in [7, 11) is 0. The van der Waals surface area contributed by atoms with Gasteiger partial charge in [-0.15, -0.1) is 6.42 Å². The van der Waals surface area contributed by atoms with E-state index >= 15 is 0 Å². The van der Waals surface area contributed by atoms with Crippen molar-refractivity contribution in [3.63, 3.8) is 0 Å². The average Bonchev–Trinajstić information content (AvgIpc) is 2.36. The highest BCUT2D eigenvalue weighted by molar-refractivity contribution is 5.29. The molecule has 1 aromatic rings. The Morgan fingerprint density at radius 1 is 1.17 bits per heavy atom. The fourth-order valence-corrected chi connectivity index (χ4v) is 1.63. The molecule has 1 aromatic carbocycles. The second kappa shape index (κ2) is 7.08. The maximum absolute atomic E-state index is 5.65. The molecule has 0 bridgehead atoms. The zero-order valence-electron chi connectivity index (χ0n) is 11.7. The molecule has 2 unspecified atom stereocenters. The molecule has 0 aliphatic rings. The lowest BCUT2D eigenvalue weighted by Crippen LogP contribution is -2.27. The van der Waals surface area contributed by atoms with Crippen molar-refractivity contribution in [3.8, 4) is 18.1 Å². The summed E-state index contributed by atoms with van der Waals surface area (Å²) in [6.07, 6.45) is 5.36. The van der Waals surface area contributed by atoms with Crippen LogP contribution in [0.15, 0.2) is 24.3 Å². The third-order valence-corrected chi connectivity index (χ3v) is 2.71. The van der Waals surface area contributed by atoms with Crippen LogP contribution in [0.2, 0.25) is 0 Å². The molecule has 1 rings (SSSR count). The topological polar surface area (TPSA) is 21.3 Å². The van der Waals surface area contributed by atoms with Gasteiger partial charge < -0.3 is 4.74 Å². The summed E-state index contributed by atoms with van der Waals surface area (Å²) >= 11 is 0. The number of ether oxygens (including phenoxy) is 1. The molecule has 0 amide bonds. The van der Waals surface area contributed by atoms with Crippen LogP contribution in [0.1, 0.15) is 39.3 Å². The van der Waals surface area contributed by atoms with Gasteiger partial charge >= 0.3 is 0 Å². The molecule has 1 N–H and O–H groups in total. The minimum atomic E-state index is 0.0804. The summed E-state index contributed by atoms with van der Waals surface area (Å²) in [6.45, 7) is 9.12. The third-order valence-electron chi connectivity index (χ3n) is 2.71. The van der Waals surface area contributed by atoms with E-state index in [1.807, 2.05) is 19.1 Å². The molecular weight excluding hydrogens is 222 g/mol. The van der Waals surface area contributed by atoms with Gasteiger partial charge in [0, 0.05) is 6.04 Å². The first-order valence-corrected chi connectivity index (χ1v) is 6.48. The zero-order valence-corrected chi connectivity index (χ0v) is 11.7. The lowest BCUT2D eigenvalue weighted by atomic mass is 10.1. The van der Waals surface area contributed by atoms with Gasteiger partial charge in [0.2, 0.25) is 0 Å². The van der Waals surface area contributed by atoms with Gasteiger partial charge in [-0.05, 0) is 37.5 Å². The summed E-state index contributed by atoms with van der Waals surface area (Å²) in [6, 6.07) is 8.51. The molecule has 2 nitrogen and oxygen atoms in total. The Morgan fingerprint density at radius 3 is 2.28 bits per heavy atom. The predicted octanol–water partition coefficient (Wildman–Crippen LogP) is 3.39. The molecule has 0 spiro atoms. The van der Waals surface area contributed by atoms with Crippen LogP contribution in [0.25, 0.3) is 0 Å². The van der Waals surface area contributed by atoms with Gasteiger partial charge in [-0.2, -0.15) is 0 Å². The summed E-state index contributed by atoms with van der Waals surface area (Å²) < 4.78 is 5.65. The van der Waals surface area contributed by atoms with Crippen molar-refractivity contribution >= 4 is 0 Å². The number of terminal acetylenes is 1. The van der Waals surface area contributed by atoms with E-state index in [4.69, 9.17) is 11.2 Å². The second-order valence-electron chi connectivity index (χ2n) is 5.05. The lowest BCUT2D eigenvalue weighted by Gasteiger charge is -2.17. The maximum atomic E-state index is 5.65. The Bertz CT molecular complexity index is 389. The number of benzene rings is 1. The van der Waals surface area contributed by atoms with Crippen molar-refractivity contribution in [2.45, 2.75) is 39.8 Å². The van der Waals surface area contributed by atoms with Crippen molar-refractivity contribution in [1.82, 2.24) is 5.32 Å². The largest absolute Gasteiger partial charge is 0.493 e. The van der Waals surface area contributed by atoms with Gasteiger partial charge in [-0.3, -0.25) is 5.32 Å². The Balaban J connectivity index is 2.57. The van der Waals surface area contributed by atoms with Crippen LogP contribution in [0.5, 0.6) is 5.75 Å². The molecular formula is C16H23NO. The van der Waals surface area contributed by atoms with Crippen LogP contribution >= 0.6 is 0 Å². The highest BCUT2D eigenvalue weighted by Crippen LogP contribution is 2.18. The number of hydrogen-bond donors (Lipinski definition) is 1. The Kier molecular flexibility index (Phi) is 5.74. The highest BCUT2D eigenvalue weighted by atomic mass is 16.5. The fourth-order valence-electron chi connectivity index (χ4n) is 1.63. The SMILES string of the molecule is C#CC(C)NC(C)c1ccc(OCC(C)C)cc1. The van der Waals surface area contributed by atoms with Crippen molar-refractivity contribution in [3.05, 3.63) is 29.8 Å². The molecule has 0 aliphatic carbocycles. The third kappa shape index (κ3) is 4.81. The second-order valence-corrected chi connectivity index (χ2v) is 5.05. The number of rotatable bonds is 6. The van der Waals surface area contributed by atoms with Gasteiger partial charge in [0.15, 0.2) is 0 Å².